The van der Waals surface area contributed by atoms with E-state index in [2.05, 4.69) is 15.6 Å². The number of hydrogen-bond donors (Lipinski definition) is 2. The minimum Gasteiger partial charge on any atom is -0.355 e. The van der Waals surface area contributed by atoms with Crippen molar-refractivity contribution in [2.24, 2.45) is 0 Å². The third-order valence-corrected chi connectivity index (χ3v) is 4.01. The van der Waals surface area contributed by atoms with Gasteiger partial charge in [-0.05, 0) is 35.7 Å². The Labute approximate surface area is 132 Å². The molecule has 110 valence electrons. The standard InChI is InChI=1S/C17H15N3OS/c21-17(19-12-14-4-3-11-22-14)15-5-1-2-6-16(15)20-13-7-9-18-10-8-13/h1-11H,12H2,(H,18,20)(H,19,21). The zero-order valence-electron chi connectivity index (χ0n) is 11.8. The molecule has 0 fully saturated rings. The number of pyridine rings is 1. The van der Waals surface area contributed by atoms with E-state index in [4.69, 9.17) is 0 Å². The van der Waals surface area contributed by atoms with Crippen LogP contribution in [0.2, 0.25) is 0 Å². The molecule has 0 aliphatic heterocycles. The number of nitrogens with zero attached hydrogens (tertiary/aromatic N) is 1. The molecule has 0 radical (unpaired) electrons. The highest BCUT2D eigenvalue weighted by molar-refractivity contribution is 7.09. The lowest BCUT2D eigenvalue weighted by Crippen LogP contribution is -2.23. The van der Waals surface area contributed by atoms with Crippen molar-refractivity contribution in [1.29, 1.82) is 0 Å². The first kappa shape index (κ1) is 14.3. The molecule has 2 N–H and O–H groups in total. The number of para-hydroxylation sites is 1. The van der Waals surface area contributed by atoms with Crippen LogP contribution in [-0.4, -0.2) is 10.9 Å². The quantitative estimate of drug-likeness (QED) is 0.753. The molecule has 0 unspecified atom stereocenters. The molecule has 0 saturated heterocycles. The predicted octanol–water partition coefficient (Wildman–Crippen LogP) is 3.82. The molecule has 1 amide bonds. The Morgan fingerprint density at radius 2 is 1.86 bits per heavy atom. The van der Waals surface area contributed by atoms with Gasteiger partial charge in [-0.3, -0.25) is 9.78 Å². The maximum atomic E-state index is 12.4. The van der Waals surface area contributed by atoms with Gasteiger partial charge in [-0.25, -0.2) is 0 Å². The third-order valence-electron chi connectivity index (χ3n) is 3.13. The van der Waals surface area contributed by atoms with Crippen molar-refractivity contribution in [1.82, 2.24) is 10.3 Å². The summed E-state index contributed by atoms with van der Waals surface area (Å²) in [4.78, 5) is 17.5. The maximum absolute atomic E-state index is 12.4. The number of carbonyl (C=O) groups excluding carboxylic acids is 1. The summed E-state index contributed by atoms with van der Waals surface area (Å²) in [5, 5.41) is 8.20. The van der Waals surface area contributed by atoms with E-state index < -0.39 is 0 Å². The minimum atomic E-state index is -0.0921. The summed E-state index contributed by atoms with van der Waals surface area (Å²) in [6, 6.07) is 15.2. The fourth-order valence-electron chi connectivity index (χ4n) is 2.06. The molecule has 0 spiro atoms. The molecule has 5 heteroatoms. The Bertz CT molecular complexity index is 742. The Balaban J connectivity index is 1.74. The van der Waals surface area contributed by atoms with Gasteiger partial charge < -0.3 is 10.6 Å². The molecule has 0 saturated carbocycles. The summed E-state index contributed by atoms with van der Waals surface area (Å²) >= 11 is 1.63. The zero-order chi connectivity index (χ0) is 15.2. The van der Waals surface area contributed by atoms with E-state index >= 15 is 0 Å². The first-order valence-corrected chi connectivity index (χ1v) is 7.77. The summed E-state index contributed by atoms with van der Waals surface area (Å²) < 4.78 is 0. The third kappa shape index (κ3) is 3.51. The fraction of sp³-hybridized carbons (Fsp3) is 0.0588. The average Bonchev–Trinajstić information content (AvgIpc) is 3.08. The number of hydrogen-bond acceptors (Lipinski definition) is 4. The van der Waals surface area contributed by atoms with Crippen molar-refractivity contribution in [2.75, 3.05) is 5.32 Å². The maximum Gasteiger partial charge on any atom is 0.253 e. The van der Waals surface area contributed by atoms with Crippen LogP contribution in [0.1, 0.15) is 15.2 Å². The number of amides is 1. The summed E-state index contributed by atoms with van der Waals surface area (Å²) in [6.45, 7) is 0.542. The predicted molar refractivity (Wildman–Crippen MR) is 89.5 cm³/mol. The molecule has 3 rings (SSSR count). The normalized spacial score (nSPS) is 10.2. The van der Waals surface area contributed by atoms with Gasteiger partial charge in [0, 0.05) is 23.0 Å². The first-order valence-electron chi connectivity index (χ1n) is 6.89. The summed E-state index contributed by atoms with van der Waals surface area (Å²) in [5.74, 6) is -0.0921. The SMILES string of the molecule is O=C(NCc1cccs1)c1ccccc1Nc1ccncc1. The van der Waals surface area contributed by atoms with Crippen molar-refractivity contribution in [3.63, 3.8) is 0 Å². The molecule has 0 aliphatic rings. The van der Waals surface area contributed by atoms with Gasteiger partial charge in [-0.2, -0.15) is 0 Å². The molecular formula is C17H15N3OS. The van der Waals surface area contributed by atoms with Gasteiger partial charge in [0.15, 0.2) is 0 Å². The van der Waals surface area contributed by atoms with Crippen LogP contribution in [0.3, 0.4) is 0 Å². The molecule has 4 nitrogen and oxygen atoms in total. The van der Waals surface area contributed by atoms with E-state index in [1.165, 1.54) is 0 Å². The van der Waals surface area contributed by atoms with Crippen molar-refractivity contribution in [3.05, 3.63) is 76.7 Å². The van der Waals surface area contributed by atoms with Crippen LogP contribution in [0.25, 0.3) is 0 Å². The average molecular weight is 309 g/mol. The van der Waals surface area contributed by atoms with Crippen LogP contribution in [0.15, 0.2) is 66.3 Å². The van der Waals surface area contributed by atoms with Gasteiger partial charge in [0.1, 0.15) is 0 Å². The Hall–Kier alpha value is -2.66. The lowest BCUT2D eigenvalue weighted by atomic mass is 10.1. The topological polar surface area (TPSA) is 54.0 Å². The lowest BCUT2D eigenvalue weighted by molar-refractivity contribution is 0.0952. The van der Waals surface area contributed by atoms with E-state index in [0.29, 0.717) is 12.1 Å². The number of nitrogens with one attached hydrogen (secondary N) is 2. The molecule has 0 bridgehead atoms. The molecule has 2 heterocycles. The van der Waals surface area contributed by atoms with Crippen LogP contribution < -0.4 is 10.6 Å². The monoisotopic (exact) mass is 309 g/mol. The molecule has 22 heavy (non-hydrogen) atoms. The molecule has 2 aromatic heterocycles. The van der Waals surface area contributed by atoms with Gasteiger partial charge in [0.25, 0.3) is 5.91 Å². The molecule has 1 aromatic carbocycles. The second-order valence-electron chi connectivity index (χ2n) is 4.67. The van der Waals surface area contributed by atoms with E-state index in [-0.39, 0.29) is 5.91 Å². The lowest BCUT2D eigenvalue weighted by Gasteiger charge is -2.11. The van der Waals surface area contributed by atoms with Crippen LogP contribution in [0.5, 0.6) is 0 Å². The van der Waals surface area contributed by atoms with Gasteiger partial charge in [0.2, 0.25) is 0 Å². The van der Waals surface area contributed by atoms with E-state index in [9.17, 15) is 4.79 Å². The highest BCUT2D eigenvalue weighted by Crippen LogP contribution is 2.20. The van der Waals surface area contributed by atoms with Gasteiger partial charge in [-0.1, -0.05) is 18.2 Å². The molecule has 0 aliphatic carbocycles. The number of aromatic nitrogens is 1. The van der Waals surface area contributed by atoms with Crippen molar-refractivity contribution in [2.45, 2.75) is 6.54 Å². The number of thiophene rings is 1. The number of anilines is 2. The number of benzene rings is 1. The van der Waals surface area contributed by atoms with Crippen molar-refractivity contribution >= 4 is 28.6 Å². The summed E-state index contributed by atoms with van der Waals surface area (Å²) in [7, 11) is 0. The van der Waals surface area contributed by atoms with Crippen molar-refractivity contribution < 1.29 is 4.79 Å². The number of carbonyl (C=O) groups is 1. The van der Waals surface area contributed by atoms with E-state index in [1.54, 1.807) is 23.7 Å². The molecule has 0 atom stereocenters. The van der Waals surface area contributed by atoms with Crippen LogP contribution >= 0.6 is 11.3 Å². The second kappa shape index (κ2) is 6.87. The fourth-order valence-corrected chi connectivity index (χ4v) is 2.70. The van der Waals surface area contributed by atoms with Gasteiger partial charge >= 0.3 is 0 Å². The van der Waals surface area contributed by atoms with E-state index in [1.807, 2.05) is 53.9 Å². The number of rotatable bonds is 5. The van der Waals surface area contributed by atoms with Crippen LogP contribution in [-0.2, 0) is 6.54 Å². The van der Waals surface area contributed by atoms with Gasteiger partial charge in [-0.15, -0.1) is 11.3 Å². The molecular weight excluding hydrogens is 294 g/mol. The smallest absolute Gasteiger partial charge is 0.253 e. The highest BCUT2D eigenvalue weighted by atomic mass is 32.1. The van der Waals surface area contributed by atoms with E-state index in [0.717, 1.165) is 16.3 Å². The zero-order valence-corrected chi connectivity index (χ0v) is 12.6. The summed E-state index contributed by atoms with van der Waals surface area (Å²) in [5.41, 5.74) is 2.29. The van der Waals surface area contributed by atoms with Crippen LogP contribution in [0.4, 0.5) is 11.4 Å². The van der Waals surface area contributed by atoms with Gasteiger partial charge in [0.05, 0.1) is 17.8 Å². The highest BCUT2D eigenvalue weighted by Gasteiger charge is 2.11. The largest absolute Gasteiger partial charge is 0.355 e. The Kier molecular flexibility index (Phi) is 4.46. The Morgan fingerprint density at radius 1 is 1.05 bits per heavy atom. The summed E-state index contributed by atoms with van der Waals surface area (Å²) in [6.07, 6.45) is 3.42. The minimum absolute atomic E-state index is 0.0921. The molecule has 3 aromatic rings. The Morgan fingerprint density at radius 3 is 2.64 bits per heavy atom. The van der Waals surface area contributed by atoms with Crippen molar-refractivity contribution in [3.8, 4) is 0 Å². The second-order valence-corrected chi connectivity index (χ2v) is 5.70. The van der Waals surface area contributed by atoms with Crippen LogP contribution in [0, 0.1) is 0 Å². The first-order chi connectivity index (χ1) is 10.8.